The summed E-state index contributed by atoms with van der Waals surface area (Å²) in [5, 5.41) is 9.16. The summed E-state index contributed by atoms with van der Waals surface area (Å²) in [5.74, 6) is -1.13. The van der Waals surface area contributed by atoms with Crippen molar-refractivity contribution in [2.45, 2.75) is 37.9 Å². The topological polar surface area (TPSA) is 49.2 Å². The molecule has 1 atom stereocenters. The standard InChI is InChI=1S/C12H15ClF3N3O/c13-9-6-10(18-11(17-9)12(14,15)16)19-5-3-1-2-4-8(19)7-20/h6,8,20H,1-5,7H2. The summed E-state index contributed by atoms with van der Waals surface area (Å²) in [6, 6.07) is 1.08. The van der Waals surface area contributed by atoms with Crippen LogP contribution in [-0.4, -0.2) is 34.3 Å². The van der Waals surface area contributed by atoms with Crippen LogP contribution in [0.3, 0.4) is 0 Å². The first kappa shape index (κ1) is 15.3. The minimum atomic E-state index is -4.64. The van der Waals surface area contributed by atoms with E-state index in [1.54, 1.807) is 4.90 Å². The van der Waals surface area contributed by atoms with E-state index in [0.717, 1.165) is 25.7 Å². The van der Waals surface area contributed by atoms with Crippen molar-refractivity contribution < 1.29 is 18.3 Å². The molecule has 1 saturated heterocycles. The Balaban J connectivity index is 2.37. The number of aromatic nitrogens is 2. The van der Waals surface area contributed by atoms with Crippen LogP contribution in [0.1, 0.15) is 31.5 Å². The van der Waals surface area contributed by atoms with E-state index in [2.05, 4.69) is 9.97 Å². The monoisotopic (exact) mass is 309 g/mol. The molecule has 1 aromatic rings. The Morgan fingerprint density at radius 1 is 1.30 bits per heavy atom. The number of aliphatic hydroxyl groups is 1. The van der Waals surface area contributed by atoms with Gasteiger partial charge in [-0.05, 0) is 12.8 Å². The van der Waals surface area contributed by atoms with Gasteiger partial charge in [0.25, 0.3) is 0 Å². The van der Waals surface area contributed by atoms with Crippen molar-refractivity contribution >= 4 is 17.4 Å². The molecule has 20 heavy (non-hydrogen) atoms. The summed E-state index contributed by atoms with van der Waals surface area (Å²) >= 11 is 5.67. The van der Waals surface area contributed by atoms with E-state index >= 15 is 0 Å². The van der Waals surface area contributed by atoms with E-state index in [1.807, 2.05) is 0 Å². The molecule has 1 N–H and O–H groups in total. The number of anilines is 1. The smallest absolute Gasteiger partial charge is 0.394 e. The number of hydrogen-bond acceptors (Lipinski definition) is 4. The molecule has 1 aromatic heterocycles. The highest BCUT2D eigenvalue weighted by Crippen LogP contribution is 2.30. The number of rotatable bonds is 2. The number of nitrogens with zero attached hydrogens (tertiary/aromatic N) is 3. The van der Waals surface area contributed by atoms with Crippen LogP contribution >= 0.6 is 11.6 Å². The molecule has 1 unspecified atom stereocenters. The molecule has 0 radical (unpaired) electrons. The molecule has 2 heterocycles. The van der Waals surface area contributed by atoms with E-state index in [9.17, 15) is 18.3 Å². The van der Waals surface area contributed by atoms with E-state index in [1.165, 1.54) is 6.07 Å². The van der Waals surface area contributed by atoms with Crippen molar-refractivity contribution in [3.05, 3.63) is 17.0 Å². The Morgan fingerprint density at radius 2 is 2.05 bits per heavy atom. The Bertz CT molecular complexity index is 470. The summed E-state index contributed by atoms with van der Waals surface area (Å²) in [7, 11) is 0. The van der Waals surface area contributed by atoms with E-state index in [-0.39, 0.29) is 23.6 Å². The van der Waals surface area contributed by atoms with Crippen LogP contribution < -0.4 is 4.90 Å². The molecule has 0 aliphatic carbocycles. The predicted octanol–water partition coefficient (Wildman–Crippen LogP) is 2.89. The first-order chi connectivity index (χ1) is 9.41. The third kappa shape index (κ3) is 3.52. The van der Waals surface area contributed by atoms with Crippen LogP contribution in [0.15, 0.2) is 6.07 Å². The van der Waals surface area contributed by atoms with Gasteiger partial charge in [-0.25, -0.2) is 9.97 Å². The molecule has 4 nitrogen and oxygen atoms in total. The molecule has 0 spiro atoms. The zero-order valence-corrected chi connectivity index (χ0v) is 11.5. The zero-order chi connectivity index (χ0) is 14.8. The maximum atomic E-state index is 12.7. The highest BCUT2D eigenvalue weighted by molar-refractivity contribution is 6.29. The second-order valence-electron chi connectivity index (χ2n) is 4.75. The molecule has 0 aromatic carbocycles. The first-order valence-electron chi connectivity index (χ1n) is 6.41. The third-order valence-electron chi connectivity index (χ3n) is 3.32. The maximum Gasteiger partial charge on any atom is 0.451 e. The molecule has 1 aliphatic rings. The molecule has 0 amide bonds. The van der Waals surface area contributed by atoms with Crippen molar-refractivity contribution in [2.24, 2.45) is 0 Å². The van der Waals surface area contributed by atoms with Gasteiger partial charge in [-0.1, -0.05) is 24.4 Å². The van der Waals surface area contributed by atoms with Gasteiger partial charge in [-0.2, -0.15) is 13.2 Å². The Hall–Kier alpha value is -1.08. The van der Waals surface area contributed by atoms with E-state index in [0.29, 0.717) is 6.54 Å². The van der Waals surface area contributed by atoms with Crippen LogP contribution in [0.2, 0.25) is 5.15 Å². The van der Waals surface area contributed by atoms with Crippen molar-refractivity contribution in [3.8, 4) is 0 Å². The van der Waals surface area contributed by atoms with Gasteiger partial charge in [-0.15, -0.1) is 0 Å². The van der Waals surface area contributed by atoms with Crippen molar-refractivity contribution in [2.75, 3.05) is 18.1 Å². The normalized spacial score (nSPS) is 20.9. The van der Waals surface area contributed by atoms with Gasteiger partial charge in [0.15, 0.2) is 0 Å². The molecule has 1 aliphatic heterocycles. The van der Waals surface area contributed by atoms with Crippen LogP contribution in [0.25, 0.3) is 0 Å². The van der Waals surface area contributed by atoms with E-state index in [4.69, 9.17) is 11.6 Å². The molecule has 0 bridgehead atoms. The quantitative estimate of drug-likeness (QED) is 0.854. The molecular formula is C12H15ClF3N3O. The summed E-state index contributed by atoms with van der Waals surface area (Å²) in [5.41, 5.74) is 0. The molecule has 8 heteroatoms. The summed E-state index contributed by atoms with van der Waals surface area (Å²) in [6.45, 7) is 0.429. The molecular weight excluding hydrogens is 295 g/mol. The highest BCUT2D eigenvalue weighted by Gasteiger charge is 2.36. The van der Waals surface area contributed by atoms with Gasteiger partial charge >= 0.3 is 6.18 Å². The Morgan fingerprint density at radius 3 is 2.70 bits per heavy atom. The molecule has 1 fully saturated rings. The van der Waals surface area contributed by atoms with Crippen LogP contribution in [0.5, 0.6) is 0 Å². The Labute approximate surface area is 119 Å². The lowest BCUT2D eigenvalue weighted by Gasteiger charge is -2.30. The average molecular weight is 310 g/mol. The van der Waals surface area contributed by atoms with Crippen molar-refractivity contribution in [1.82, 2.24) is 9.97 Å². The fourth-order valence-corrected chi connectivity index (χ4v) is 2.53. The van der Waals surface area contributed by atoms with Gasteiger partial charge in [0.05, 0.1) is 12.6 Å². The largest absolute Gasteiger partial charge is 0.451 e. The van der Waals surface area contributed by atoms with Crippen LogP contribution in [0, 0.1) is 0 Å². The fraction of sp³-hybridized carbons (Fsp3) is 0.667. The number of halogens is 4. The van der Waals surface area contributed by atoms with Gasteiger partial charge in [0.1, 0.15) is 11.0 Å². The predicted molar refractivity (Wildman–Crippen MR) is 68.7 cm³/mol. The second-order valence-corrected chi connectivity index (χ2v) is 5.14. The van der Waals surface area contributed by atoms with Gasteiger partial charge < -0.3 is 10.0 Å². The minimum absolute atomic E-state index is 0.122. The first-order valence-corrected chi connectivity index (χ1v) is 6.79. The van der Waals surface area contributed by atoms with Crippen molar-refractivity contribution in [1.29, 1.82) is 0 Å². The van der Waals surface area contributed by atoms with Crippen LogP contribution in [-0.2, 0) is 6.18 Å². The van der Waals surface area contributed by atoms with Crippen molar-refractivity contribution in [3.63, 3.8) is 0 Å². The minimum Gasteiger partial charge on any atom is -0.394 e. The lowest BCUT2D eigenvalue weighted by atomic mass is 10.1. The maximum absolute atomic E-state index is 12.7. The van der Waals surface area contributed by atoms with E-state index < -0.39 is 12.0 Å². The van der Waals surface area contributed by atoms with Gasteiger partial charge in [0.2, 0.25) is 5.82 Å². The lowest BCUT2D eigenvalue weighted by Crippen LogP contribution is -2.38. The number of aliphatic hydroxyl groups excluding tert-OH is 1. The molecule has 0 saturated carbocycles. The highest BCUT2D eigenvalue weighted by atomic mass is 35.5. The molecule has 2 rings (SSSR count). The van der Waals surface area contributed by atoms with Gasteiger partial charge in [0, 0.05) is 12.6 Å². The summed E-state index contributed by atoms with van der Waals surface area (Å²) in [4.78, 5) is 8.47. The molecule has 112 valence electrons. The third-order valence-corrected chi connectivity index (χ3v) is 3.51. The number of alkyl halides is 3. The van der Waals surface area contributed by atoms with Gasteiger partial charge in [-0.3, -0.25) is 0 Å². The second kappa shape index (κ2) is 6.13. The van der Waals surface area contributed by atoms with Crippen LogP contribution in [0.4, 0.5) is 19.0 Å². The summed E-state index contributed by atoms with van der Waals surface area (Å²) < 4.78 is 38.2. The average Bonchev–Trinajstić information content (AvgIpc) is 2.61. The lowest BCUT2D eigenvalue weighted by molar-refractivity contribution is -0.144. The zero-order valence-electron chi connectivity index (χ0n) is 10.7. The SMILES string of the molecule is OCC1CCCCCN1c1cc(Cl)nc(C(F)(F)F)n1. The number of hydrogen-bond donors (Lipinski definition) is 1. The fourth-order valence-electron chi connectivity index (χ4n) is 2.35. The Kier molecular flexibility index (Phi) is 4.70. The summed E-state index contributed by atoms with van der Waals surface area (Å²) in [6.07, 6.45) is -1.15.